The van der Waals surface area contributed by atoms with Crippen molar-refractivity contribution in [1.82, 2.24) is 5.32 Å². The van der Waals surface area contributed by atoms with Crippen LogP contribution >= 0.6 is 11.6 Å². The first-order chi connectivity index (χ1) is 8.84. The van der Waals surface area contributed by atoms with Gasteiger partial charge in [0.05, 0.1) is 0 Å². The molecule has 0 bridgehead atoms. The normalized spacial score (nSPS) is 25.5. The molecule has 1 aliphatic heterocycles. The van der Waals surface area contributed by atoms with Gasteiger partial charge in [0.25, 0.3) is 0 Å². The Labute approximate surface area is 115 Å². The molecule has 1 nitrogen and oxygen atoms in total. The van der Waals surface area contributed by atoms with Crippen molar-refractivity contribution in [2.45, 2.75) is 50.4 Å². The van der Waals surface area contributed by atoms with Crippen molar-refractivity contribution < 1.29 is 0 Å². The lowest BCUT2D eigenvalue weighted by atomic mass is 9.83. The Hall–Kier alpha value is -0.530. The zero-order chi connectivity index (χ0) is 12.4. The van der Waals surface area contributed by atoms with E-state index in [-0.39, 0.29) is 0 Å². The Balaban J connectivity index is 1.79. The summed E-state index contributed by atoms with van der Waals surface area (Å²) in [6.45, 7) is 2.26. The van der Waals surface area contributed by atoms with Crippen LogP contribution in [-0.4, -0.2) is 13.1 Å². The van der Waals surface area contributed by atoms with Crippen molar-refractivity contribution in [3.8, 4) is 0 Å². The maximum Gasteiger partial charge on any atom is 0.0443 e. The average Bonchev–Trinajstić information content (AvgIpc) is 2.93. The quantitative estimate of drug-likeness (QED) is 0.830. The molecule has 2 heteroatoms. The Morgan fingerprint density at radius 1 is 1.00 bits per heavy atom. The first kappa shape index (κ1) is 12.5. The Morgan fingerprint density at radius 3 is 2.50 bits per heavy atom. The third kappa shape index (κ3) is 2.57. The summed E-state index contributed by atoms with van der Waals surface area (Å²) in [6.07, 6.45) is 8.04. The molecule has 1 unspecified atom stereocenters. The minimum absolute atomic E-state index is 0.669. The van der Waals surface area contributed by atoms with Crippen molar-refractivity contribution in [3.63, 3.8) is 0 Å². The van der Waals surface area contributed by atoms with Gasteiger partial charge in [0.2, 0.25) is 0 Å². The van der Waals surface area contributed by atoms with Crippen LogP contribution in [0.1, 0.15) is 61.5 Å². The summed E-state index contributed by atoms with van der Waals surface area (Å²) >= 11 is 6.52. The molecule has 18 heavy (non-hydrogen) atoms. The van der Waals surface area contributed by atoms with Gasteiger partial charge in [-0.3, -0.25) is 0 Å². The van der Waals surface area contributed by atoms with Crippen LogP contribution in [0.5, 0.6) is 0 Å². The highest BCUT2D eigenvalue weighted by Crippen LogP contribution is 2.37. The second kappa shape index (κ2) is 5.63. The summed E-state index contributed by atoms with van der Waals surface area (Å²) in [5, 5.41) is 4.43. The van der Waals surface area contributed by atoms with E-state index in [0.717, 1.165) is 18.1 Å². The van der Waals surface area contributed by atoms with Crippen molar-refractivity contribution in [3.05, 3.63) is 34.3 Å². The summed E-state index contributed by atoms with van der Waals surface area (Å²) in [7, 11) is 0. The Bertz CT molecular complexity index is 404. The van der Waals surface area contributed by atoms with Gasteiger partial charge in [-0.1, -0.05) is 43.0 Å². The second-order valence-electron chi connectivity index (χ2n) is 5.81. The van der Waals surface area contributed by atoms with Gasteiger partial charge in [-0.15, -0.1) is 0 Å². The predicted octanol–water partition coefficient (Wildman–Crippen LogP) is 4.46. The van der Waals surface area contributed by atoms with Gasteiger partial charge in [-0.2, -0.15) is 0 Å². The largest absolute Gasteiger partial charge is 0.316 e. The van der Waals surface area contributed by atoms with Crippen molar-refractivity contribution in [2.24, 2.45) is 0 Å². The van der Waals surface area contributed by atoms with E-state index in [9.17, 15) is 0 Å². The van der Waals surface area contributed by atoms with Crippen LogP contribution in [0.25, 0.3) is 0 Å². The highest BCUT2D eigenvalue weighted by molar-refractivity contribution is 6.31. The third-order valence-corrected chi connectivity index (χ3v) is 4.93. The summed E-state index contributed by atoms with van der Waals surface area (Å²) in [5.74, 6) is 1.38. The lowest BCUT2D eigenvalue weighted by molar-refractivity contribution is 0.443. The Kier molecular flexibility index (Phi) is 3.91. The topological polar surface area (TPSA) is 12.0 Å². The number of hydrogen-bond acceptors (Lipinski definition) is 1. The zero-order valence-electron chi connectivity index (χ0n) is 10.9. The molecule has 0 aromatic heterocycles. The standard InChI is InChI=1S/C16H22ClN/c17-16-10-13(14-8-9-18-11-14)6-7-15(16)12-4-2-1-3-5-12/h6-7,10,12,14,18H,1-5,8-9,11H2. The van der Waals surface area contributed by atoms with Gasteiger partial charge in [0.15, 0.2) is 0 Å². The van der Waals surface area contributed by atoms with Gasteiger partial charge >= 0.3 is 0 Å². The molecule has 3 rings (SSSR count). The van der Waals surface area contributed by atoms with E-state index in [1.165, 1.54) is 49.7 Å². The molecule has 2 fully saturated rings. The second-order valence-corrected chi connectivity index (χ2v) is 6.21. The summed E-state index contributed by atoms with van der Waals surface area (Å²) in [6, 6.07) is 6.84. The molecule has 0 spiro atoms. The third-order valence-electron chi connectivity index (χ3n) is 4.60. The van der Waals surface area contributed by atoms with E-state index in [1.807, 2.05) is 0 Å². The molecule has 1 saturated heterocycles. The minimum Gasteiger partial charge on any atom is -0.316 e. The van der Waals surface area contributed by atoms with Gasteiger partial charge < -0.3 is 5.32 Å². The number of hydrogen-bond donors (Lipinski definition) is 1. The van der Waals surface area contributed by atoms with Crippen LogP contribution < -0.4 is 5.32 Å². The van der Waals surface area contributed by atoms with Crippen LogP contribution in [0.3, 0.4) is 0 Å². The number of benzene rings is 1. The minimum atomic E-state index is 0.669. The molecule has 1 aromatic rings. The van der Waals surface area contributed by atoms with Crippen molar-refractivity contribution in [2.75, 3.05) is 13.1 Å². The van der Waals surface area contributed by atoms with E-state index < -0.39 is 0 Å². The predicted molar refractivity (Wildman–Crippen MR) is 77.5 cm³/mol. The van der Waals surface area contributed by atoms with Crippen LogP contribution in [0.2, 0.25) is 5.02 Å². The van der Waals surface area contributed by atoms with Crippen LogP contribution in [0.4, 0.5) is 0 Å². The van der Waals surface area contributed by atoms with Gasteiger partial charge in [-0.05, 0) is 54.8 Å². The lowest BCUT2D eigenvalue weighted by Crippen LogP contribution is -2.09. The maximum absolute atomic E-state index is 6.52. The van der Waals surface area contributed by atoms with E-state index in [0.29, 0.717) is 11.8 Å². The summed E-state index contributed by atoms with van der Waals surface area (Å²) in [5.41, 5.74) is 2.82. The molecular weight excluding hydrogens is 242 g/mol. The van der Waals surface area contributed by atoms with E-state index in [1.54, 1.807) is 0 Å². The van der Waals surface area contributed by atoms with Gasteiger partial charge in [-0.25, -0.2) is 0 Å². The molecular formula is C16H22ClN. The van der Waals surface area contributed by atoms with Gasteiger partial charge in [0, 0.05) is 11.6 Å². The van der Waals surface area contributed by atoms with E-state index >= 15 is 0 Å². The summed E-state index contributed by atoms with van der Waals surface area (Å²) < 4.78 is 0. The van der Waals surface area contributed by atoms with Crippen LogP contribution in [0.15, 0.2) is 18.2 Å². The average molecular weight is 264 g/mol. The SMILES string of the molecule is Clc1cc(C2CCNC2)ccc1C1CCCCC1. The fourth-order valence-corrected chi connectivity index (χ4v) is 3.82. The lowest BCUT2D eigenvalue weighted by Gasteiger charge is -2.23. The fourth-order valence-electron chi connectivity index (χ4n) is 3.48. The monoisotopic (exact) mass is 263 g/mol. The van der Waals surface area contributed by atoms with Gasteiger partial charge in [0.1, 0.15) is 0 Å². The smallest absolute Gasteiger partial charge is 0.0443 e. The number of rotatable bonds is 2. The molecule has 1 heterocycles. The number of nitrogens with one attached hydrogen (secondary N) is 1. The number of halogens is 1. The van der Waals surface area contributed by atoms with Crippen molar-refractivity contribution >= 4 is 11.6 Å². The molecule has 1 saturated carbocycles. The molecule has 0 amide bonds. The highest BCUT2D eigenvalue weighted by Gasteiger charge is 2.21. The molecule has 98 valence electrons. The first-order valence-corrected chi connectivity index (χ1v) is 7.72. The maximum atomic E-state index is 6.52. The Morgan fingerprint density at radius 2 is 1.83 bits per heavy atom. The summed E-state index contributed by atoms with van der Waals surface area (Å²) in [4.78, 5) is 0. The molecule has 0 radical (unpaired) electrons. The first-order valence-electron chi connectivity index (χ1n) is 7.34. The molecule has 1 N–H and O–H groups in total. The van der Waals surface area contributed by atoms with E-state index in [4.69, 9.17) is 11.6 Å². The molecule has 2 aliphatic rings. The van der Waals surface area contributed by atoms with Crippen LogP contribution in [0, 0.1) is 0 Å². The fraction of sp³-hybridized carbons (Fsp3) is 0.625. The zero-order valence-corrected chi connectivity index (χ0v) is 11.7. The van der Waals surface area contributed by atoms with Crippen molar-refractivity contribution in [1.29, 1.82) is 0 Å². The van der Waals surface area contributed by atoms with Crippen LogP contribution in [-0.2, 0) is 0 Å². The molecule has 1 aliphatic carbocycles. The molecule has 1 atom stereocenters. The highest BCUT2D eigenvalue weighted by atomic mass is 35.5. The molecule has 1 aromatic carbocycles. The van der Waals surface area contributed by atoms with E-state index in [2.05, 4.69) is 23.5 Å².